The molecule has 2 aromatic carbocycles. The number of rotatable bonds is 8. The first-order valence-corrected chi connectivity index (χ1v) is 7.91. The number of hydrogen-bond donors (Lipinski definition) is 1. The smallest absolute Gasteiger partial charge is 0.185 e. The molecule has 0 saturated heterocycles. The Morgan fingerprint density at radius 3 is 2.58 bits per heavy atom. The molecule has 0 spiro atoms. The van der Waals surface area contributed by atoms with Crippen LogP contribution in [0.25, 0.3) is 6.08 Å². The van der Waals surface area contributed by atoms with Crippen LogP contribution >= 0.6 is 11.6 Å². The van der Waals surface area contributed by atoms with E-state index in [1.807, 2.05) is 6.07 Å². The van der Waals surface area contributed by atoms with Crippen LogP contribution < -0.4 is 9.47 Å². The number of hydrogen-bond acceptors (Lipinski definition) is 4. The van der Waals surface area contributed by atoms with Crippen molar-refractivity contribution in [2.75, 3.05) is 20.3 Å². The van der Waals surface area contributed by atoms with Crippen molar-refractivity contribution in [3.05, 3.63) is 64.7 Å². The summed E-state index contributed by atoms with van der Waals surface area (Å²) in [5.74, 6) is 1.08. The molecule has 2 aromatic rings. The van der Waals surface area contributed by atoms with E-state index in [-0.39, 0.29) is 12.4 Å². The Kier molecular flexibility index (Phi) is 6.85. The van der Waals surface area contributed by atoms with E-state index >= 15 is 0 Å². The number of carbonyl (C=O) groups is 1. The van der Waals surface area contributed by atoms with Crippen LogP contribution in [0.15, 0.2) is 48.5 Å². The Bertz CT molecular complexity index is 708. The highest BCUT2D eigenvalue weighted by molar-refractivity contribution is 6.30. The number of benzene rings is 2. The van der Waals surface area contributed by atoms with E-state index in [4.69, 9.17) is 26.2 Å². The lowest BCUT2D eigenvalue weighted by Gasteiger charge is -2.10. The summed E-state index contributed by atoms with van der Waals surface area (Å²) in [6, 6.07) is 12.2. The first-order chi connectivity index (χ1) is 11.6. The number of allylic oxidation sites excluding steroid dienone is 1. The van der Waals surface area contributed by atoms with Crippen LogP contribution in [-0.2, 0) is 0 Å². The molecule has 1 N–H and O–H groups in total. The first-order valence-electron chi connectivity index (χ1n) is 7.53. The van der Waals surface area contributed by atoms with Gasteiger partial charge >= 0.3 is 0 Å². The van der Waals surface area contributed by atoms with Gasteiger partial charge in [-0.25, -0.2) is 0 Å². The molecule has 0 aliphatic rings. The van der Waals surface area contributed by atoms with Crippen LogP contribution in [0.1, 0.15) is 22.3 Å². The lowest BCUT2D eigenvalue weighted by molar-refractivity contribution is 0.104. The molecule has 0 amide bonds. The Hall–Kier alpha value is -2.30. The molecule has 0 unspecified atom stereocenters. The Balaban J connectivity index is 2.08. The van der Waals surface area contributed by atoms with Gasteiger partial charge in [-0.15, -0.1) is 0 Å². The summed E-state index contributed by atoms with van der Waals surface area (Å²) in [6.45, 7) is 0.493. The summed E-state index contributed by atoms with van der Waals surface area (Å²) in [7, 11) is 1.56. The average Bonchev–Trinajstić information content (AvgIpc) is 2.61. The number of ether oxygens (including phenoxy) is 2. The molecule has 0 heterocycles. The molecule has 4 nitrogen and oxygen atoms in total. The van der Waals surface area contributed by atoms with Crippen LogP contribution in [0, 0.1) is 0 Å². The molecule has 0 aliphatic carbocycles. The SMILES string of the molecule is COc1cc(/C=C/C(=O)c2ccc(Cl)cc2)ccc1OCCCO. The summed E-state index contributed by atoms with van der Waals surface area (Å²) >= 11 is 5.81. The van der Waals surface area contributed by atoms with Crippen molar-refractivity contribution < 1.29 is 19.4 Å². The first kappa shape index (κ1) is 18.0. The minimum atomic E-state index is -0.103. The summed E-state index contributed by atoms with van der Waals surface area (Å²) < 4.78 is 10.8. The molecule has 24 heavy (non-hydrogen) atoms. The van der Waals surface area contributed by atoms with E-state index < -0.39 is 0 Å². The monoisotopic (exact) mass is 346 g/mol. The number of ketones is 1. The third kappa shape index (κ3) is 5.11. The molecule has 2 rings (SSSR count). The maximum atomic E-state index is 12.1. The Labute approximate surface area is 146 Å². The van der Waals surface area contributed by atoms with Crippen molar-refractivity contribution >= 4 is 23.5 Å². The van der Waals surface area contributed by atoms with E-state index in [0.717, 1.165) is 5.56 Å². The zero-order chi connectivity index (χ0) is 17.4. The average molecular weight is 347 g/mol. The lowest BCUT2D eigenvalue weighted by Crippen LogP contribution is -2.01. The molecule has 0 aliphatic heterocycles. The maximum Gasteiger partial charge on any atom is 0.185 e. The van der Waals surface area contributed by atoms with E-state index in [1.54, 1.807) is 49.6 Å². The van der Waals surface area contributed by atoms with E-state index in [9.17, 15) is 4.79 Å². The van der Waals surface area contributed by atoms with Gasteiger partial charge in [0.25, 0.3) is 0 Å². The maximum absolute atomic E-state index is 12.1. The Morgan fingerprint density at radius 2 is 1.92 bits per heavy atom. The summed E-state index contributed by atoms with van der Waals surface area (Å²) in [5, 5.41) is 9.38. The highest BCUT2D eigenvalue weighted by Gasteiger charge is 2.06. The van der Waals surface area contributed by atoms with Gasteiger partial charge in [-0.2, -0.15) is 0 Å². The van der Waals surface area contributed by atoms with Gasteiger partial charge in [-0.05, 0) is 48.0 Å². The van der Waals surface area contributed by atoms with Crippen LogP contribution in [0.4, 0.5) is 0 Å². The highest BCUT2D eigenvalue weighted by atomic mass is 35.5. The summed E-state index contributed by atoms with van der Waals surface area (Å²) in [4.78, 5) is 12.1. The predicted octanol–water partition coefficient (Wildman–Crippen LogP) is 4.01. The van der Waals surface area contributed by atoms with Crippen LogP contribution in [0.3, 0.4) is 0 Å². The van der Waals surface area contributed by atoms with Crippen molar-refractivity contribution in [2.45, 2.75) is 6.42 Å². The summed E-state index contributed by atoms with van der Waals surface area (Å²) in [5.41, 5.74) is 1.40. The standard InChI is InChI=1S/C19H19ClO4/c1-23-19-13-14(4-10-18(19)24-12-2-11-21)3-9-17(22)15-5-7-16(20)8-6-15/h3-10,13,21H,2,11-12H2,1H3/b9-3+. The second-order valence-electron chi connectivity index (χ2n) is 5.04. The van der Waals surface area contributed by atoms with E-state index in [1.165, 1.54) is 6.08 Å². The topological polar surface area (TPSA) is 55.8 Å². The fraction of sp³-hybridized carbons (Fsp3) is 0.211. The van der Waals surface area contributed by atoms with Crippen molar-refractivity contribution in [2.24, 2.45) is 0 Å². The minimum absolute atomic E-state index is 0.0793. The fourth-order valence-corrected chi connectivity index (χ4v) is 2.16. The van der Waals surface area contributed by atoms with Crippen molar-refractivity contribution in [1.29, 1.82) is 0 Å². The fourth-order valence-electron chi connectivity index (χ4n) is 2.04. The van der Waals surface area contributed by atoms with Gasteiger partial charge in [0.2, 0.25) is 0 Å². The number of carbonyl (C=O) groups excluding carboxylic acids is 1. The molecule has 5 heteroatoms. The lowest BCUT2D eigenvalue weighted by atomic mass is 10.1. The minimum Gasteiger partial charge on any atom is -0.493 e. The molecular weight excluding hydrogens is 328 g/mol. The third-order valence-electron chi connectivity index (χ3n) is 3.30. The molecule has 0 atom stereocenters. The second kappa shape index (κ2) is 9.11. The highest BCUT2D eigenvalue weighted by Crippen LogP contribution is 2.28. The number of aliphatic hydroxyl groups excluding tert-OH is 1. The van der Waals surface area contributed by atoms with Gasteiger partial charge in [0.15, 0.2) is 17.3 Å². The quantitative estimate of drug-likeness (QED) is 0.446. The molecule has 0 radical (unpaired) electrons. The predicted molar refractivity (Wildman–Crippen MR) is 95.0 cm³/mol. The van der Waals surface area contributed by atoms with Gasteiger partial charge < -0.3 is 14.6 Å². The van der Waals surface area contributed by atoms with Gasteiger partial charge in [0.1, 0.15) is 0 Å². The molecule has 0 fully saturated rings. The number of methoxy groups -OCH3 is 1. The van der Waals surface area contributed by atoms with Crippen molar-refractivity contribution in [3.8, 4) is 11.5 Å². The second-order valence-corrected chi connectivity index (χ2v) is 5.48. The normalized spacial score (nSPS) is 10.8. The molecule has 0 aromatic heterocycles. The zero-order valence-electron chi connectivity index (χ0n) is 13.4. The largest absolute Gasteiger partial charge is 0.493 e. The van der Waals surface area contributed by atoms with Crippen LogP contribution in [0.2, 0.25) is 5.02 Å². The van der Waals surface area contributed by atoms with Gasteiger partial charge in [0.05, 0.1) is 13.7 Å². The zero-order valence-corrected chi connectivity index (χ0v) is 14.1. The molecule has 126 valence electrons. The number of aliphatic hydroxyl groups is 1. The molecule has 0 saturated carbocycles. The number of halogens is 1. The summed E-state index contributed by atoms with van der Waals surface area (Å²) in [6.07, 6.45) is 3.78. The van der Waals surface area contributed by atoms with Crippen LogP contribution in [0.5, 0.6) is 11.5 Å². The van der Waals surface area contributed by atoms with E-state index in [0.29, 0.717) is 35.1 Å². The van der Waals surface area contributed by atoms with E-state index in [2.05, 4.69) is 0 Å². The third-order valence-corrected chi connectivity index (χ3v) is 3.56. The van der Waals surface area contributed by atoms with Gasteiger partial charge in [-0.3, -0.25) is 4.79 Å². The van der Waals surface area contributed by atoms with Crippen molar-refractivity contribution in [1.82, 2.24) is 0 Å². The van der Waals surface area contributed by atoms with Crippen LogP contribution in [-0.4, -0.2) is 31.2 Å². The van der Waals surface area contributed by atoms with Crippen molar-refractivity contribution in [3.63, 3.8) is 0 Å². The van der Waals surface area contributed by atoms with Gasteiger partial charge in [0, 0.05) is 23.6 Å². The Morgan fingerprint density at radius 1 is 1.17 bits per heavy atom. The molecular formula is C19H19ClO4. The van der Waals surface area contributed by atoms with Gasteiger partial charge in [-0.1, -0.05) is 23.7 Å². The molecule has 0 bridgehead atoms.